The third-order valence-corrected chi connectivity index (χ3v) is 4.86. The molecule has 26 heavy (non-hydrogen) atoms. The number of nitrogens with zero attached hydrogens (tertiary/aromatic N) is 1. The van der Waals surface area contributed by atoms with Crippen molar-refractivity contribution in [3.63, 3.8) is 0 Å². The van der Waals surface area contributed by atoms with Crippen LogP contribution in [-0.4, -0.2) is 50.2 Å². The van der Waals surface area contributed by atoms with Gasteiger partial charge in [-0.1, -0.05) is 35.9 Å². The summed E-state index contributed by atoms with van der Waals surface area (Å²) in [7, 11) is 1.62. The van der Waals surface area contributed by atoms with E-state index in [1.165, 1.54) is 0 Å². The van der Waals surface area contributed by atoms with Crippen molar-refractivity contribution in [2.75, 3.05) is 38.7 Å². The van der Waals surface area contributed by atoms with E-state index in [2.05, 4.69) is 10.6 Å². The smallest absolute Gasteiger partial charge is 0.319 e. The second-order valence-electron chi connectivity index (χ2n) is 6.38. The number of rotatable bonds is 6. The van der Waals surface area contributed by atoms with E-state index in [1.54, 1.807) is 24.1 Å². The molecule has 1 heterocycles. The maximum atomic E-state index is 12.3. The molecule has 0 bridgehead atoms. The molecule has 1 aliphatic rings. The monoisotopic (exact) mass is 375 g/mol. The Bertz CT molecular complexity index is 812. The van der Waals surface area contributed by atoms with E-state index in [-0.39, 0.29) is 17.9 Å². The number of carbonyl (C=O) groups is 2. The van der Waals surface area contributed by atoms with Crippen molar-refractivity contribution in [1.29, 1.82) is 0 Å². The molecule has 2 N–H and O–H groups in total. The molecule has 0 spiro atoms. The summed E-state index contributed by atoms with van der Waals surface area (Å²) in [6, 6.07) is 10.9. The third-order valence-electron chi connectivity index (χ3n) is 4.53. The van der Waals surface area contributed by atoms with E-state index in [0.717, 1.165) is 10.8 Å². The lowest BCUT2D eigenvalue weighted by atomic mass is 10.1. The Balaban J connectivity index is 1.56. The molecule has 3 rings (SSSR count). The third kappa shape index (κ3) is 4.26. The predicted molar refractivity (Wildman–Crippen MR) is 103 cm³/mol. The summed E-state index contributed by atoms with van der Waals surface area (Å²) >= 11 is 6.20. The van der Waals surface area contributed by atoms with Crippen LogP contribution in [0, 0.1) is 5.92 Å². The SMILES string of the molecule is COCCN1C[C@H](CNC(=O)Nc2ccc(Cl)c3ccccc23)CC1=O. The molecule has 1 saturated heterocycles. The number of halogens is 1. The van der Waals surface area contributed by atoms with Gasteiger partial charge in [0.2, 0.25) is 5.91 Å². The first-order valence-corrected chi connectivity index (χ1v) is 8.95. The molecule has 138 valence electrons. The Labute approximate surface area is 157 Å². The maximum Gasteiger partial charge on any atom is 0.319 e. The van der Waals surface area contributed by atoms with Crippen LogP contribution in [0.3, 0.4) is 0 Å². The highest BCUT2D eigenvalue weighted by Crippen LogP contribution is 2.29. The first-order valence-electron chi connectivity index (χ1n) is 8.57. The van der Waals surface area contributed by atoms with Crippen molar-refractivity contribution in [1.82, 2.24) is 10.2 Å². The summed E-state index contributed by atoms with van der Waals surface area (Å²) in [5.41, 5.74) is 0.701. The number of hydrogen-bond donors (Lipinski definition) is 2. The Kier molecular flexibility index (Phi) is 5.96. The molecule has 2 aromatic rings. The molecule has 0 aromatic heterocycles. The molecule has 1 aliphatic heterocycles. The van der Waals surface area contributed by atoms with E-state index in [0.29, 0.717) is 43.4 Å². The number of hydrogen-bond acceptors (Lipinski definition) is 3. The minimum atomic E-state index is -0.291. The van der Waals surface area contributed by atoms with Gasteiger partial charge in [-0.3, -0.25) is 4.79 Å². The van der Waals surface area contributed by atoms with Crippen LogP contribution in [-0.2, 0) is 9.53 Å². The summed E-state index contributed by atoms with van der Waals surface area (Å²) in [4.78, 5) is 26.0. The zero-order chi connectivity index (χ0) is 18.5. The zero-order valence-corrected chi connectivity index (χ0v) is 15.4. The average Bonchev–Trinajstić information content (AvgIpc) is 3.00. The van der Waals surface area contributed by atoms with E-state index < -0.39 is 0 Å². The normalized spacial score (nSPS) is 16.9. The Morgan fingerprint density at radius 3 is 2.81 bits per heavy atom. The summed E-state index contributed by atoms with van der Waals surface area (Å²) in [6.07, 6.45) is 0.452. The van der Waals surface area contributed by atoms with Crippen LogP contribution in [0.5, 0.6) is 0 Å². The van der Waals surface area contributed by atoms with Gasteiger partial charge in [-0.25, -0.2) is 4.79 Å². The highest BCUT2D eigenvalue weighted by atomic mass is 35.5. The topological polar surface area (TPSA) is 70.7 Å². The second-order valence-corrected chi connectivity index (χ2v) is 6.79. The van der Waals surface area contributed by atoms with Crippen molar-refractivity contribution < 1.29 is 14.3 Å². The average molecular weight is 376 g/mol. The molecule has 1 fully saturated rings. The zero-order valence-electron chi connectivity index (χ0n) is 14.6. The lowest BCUT2D eigenvalue weighted by molar-refractivity contribution is -0.128. The van der Waals surface area contributed by atoms with E-state index in [4.69, 9.17) is 16.3 Å². The Morgan fingerprint density at radius 1 is 1.27 bits per heavy atom. The molecule has 1 atom stereocenters. The number of anilines is 1. The molecule has 3 amide bonds. The predicted octanol–water partition coefficient (Wildman–Crippen LogP) is 3.11. The lowest BCUT2D eigenvalue weighted by Crippen LogP contribution is -2.34. The highest BCUT2D eigenvalue weighted by molar-refractivity contribution is 6.36. The number of likely N-dealkylation sites (tertiary alicyclic amines) is 1. The van der Waals surface area contributed by atoms with Crippen molar-refractivity contribution in [2.24, 2.45) is 5.92 Å². The summed E-state index contributed by atoms with van der Waals surface area (Å²) < 4.78 is 5.01. The van der Waals surface area contributed by atoms with Crippen LogP contribution in [0.1, 0.15) is 6.42 Å². The van der Waals surface area contributed by atoms with Crippen molar-refractivity contribution >= 4 is 40.0 Å². The number of amides is 3. The molecule has 0 saturated carbocycles. The Hall–Kier alpha value is -2.31. The van der Waals surface area contributed by atoms with Crippen molar-refractivity contribution in [3.05, 3.63) is 41.4 Å². The summed E-state index contributed by atoms with van der Waals surface area (Å²) in [6.45, 7) is 2.21. The highest BCUT2D eigenvalue weighted by Gasteiger charge is 2.29. The van der Waals surface area contributed by atoms with Crippen LogP contribution >= 0.6 is 11.6 Å². The maximum absolute atomic E-state index is 12.3. The van der Waals surface area contributed by atoms with E-state index in [9.17, 15) is 9.59 Å². The van der Waals surface area contributed by atoms with Crippen LogP contribution in [0.15, 0.2) is 36.4 Å². The first kappa shape index (κ1) is 18.5. The van der Waals surface area contributed by atoms with Gasteiger partial charge in [0.15, 0.2) is 0 Å². The molecule has 0 aliphatic carbocycles. The van der Waals surface area contributed by atoms with Crippen molar-refractivity contribution in [3.8, 4) is 0 Å². The number of benzene rings is 2. The minimum Gasteiger partial charge on any atom is -0.383 e. The molecule has 0 radical (unpaired) electrons. The molecular weight excluding hydrogens is 354 g/mol. The largest absolute Gasteiger partial charge is 0.383 e. The van der Waals surface area contributed by atoms with E-state index >= 15 is 0 Å². The lowest BCUT2D eigenvalue weighted by Gasteiger charge is -2.16. The van der Waals surface area contributed by atoms with Gasteiger partial charge in [0.05, 0.1) is 12.3 Å². The van der Waals surface area contributed by atoms with Gasteiger partial charge in [-0.05, 0) is 12.1 Å². The number of urea groups is 1. The standard InChI is InChI=1S/C19H22ClN3O3/c1-26-9-8-23-12-13(10-18(23)24)11-21-19(25)22-17-7-6-16(20)14-4-2-3-5-15(14)17/h2-7,13H,8-12H2,1H3,(H2,21,22,25)/t13-/m0/s1. The minimum absolute atomic E-state index is 0.109. The number of nitrogens with one attached hydrogen (secondary N) is 2. The summed E-state index contributed by atoms with van der Waals surface area (Å²) in [5, 5.41) is 8.14. The van der Waals surface area contributed by atoms with Crippen LogP contribution in [0.4, 0.5) is 10.5 Å². The van der Waals surface area contributed by atoms with Gasteiger partial charge in [0.1, 0.15) is 0 Å². The van der Waals surface area contributed by atoms with Gasteiger partial charge in [-0.2, -0.15) is 0 Å². The van der Waals surface area contributed by atoms with Gasteiger partial charge in [-0.15, -0.1) is 0 Å². The number of fused-ring (bicyclic) bond motifs is 1. The van der Waals surface area contributed by atoms with Crippen LogP contribution in [0.2, 0.25) is 5.02 Å². The Morgan fingerprint density at radius 2 is 2.04 bits per heavy atom. The first-order chi connectivity index (χ1) is 12.6. The molecular formula is C19H22ClN3O3. The summed E-state index contributed by atoms with van der Waals surface area (Å²) in [5.74, 6) is 0.227. The molecule has 0 unspecified atom stereocenters. The fourth-order valence-electron chi connectivity index (χ4n) is 3.18. The molecule has 7 heteroatoms. The number of ether oxygens (including phenoxy) is 1. The van der Waals surface area contributed by atoms with Crippen molar-refractivity contribution in [2.45, 2.75) is 6.42 Å². The molecule has 6 nitrogen and oxygen atoms in total. The van der Waals surface area contributed by atoms with Gasteiger partial charge < -0.3 is 20.3 Å². The van der Waals surface area contributed by atoms with Crippen LogP contribution < -0.4 is 10.6 Å². The van der Waals surface area contributed by atoms with Crippen LogP contribution in [0.25, 0.3) is 10.8 Å². The molecule has 2 aromatic carbocycles. The van der Waals surface area contributed by atoms with E-state index in [1.807, 2.05) is 24.3 Å². The van der Waals surface area contributed by atoms with Gasteiger partial charge in [0, 0.05) is 54.9 Å². The quantitative estimate of drug-likeness (QED) is 0.815. The van der Waals surface area contributed by atoms with Gasteiger partial charge >= 0.3 is 6.03 Å². The number of methoxy groups -OCH3 is 1. The fourth-order valence-corrected chi connectivity index (χ4v) is 3.41. The fraction of sp³-hybridized carbons (Fsp3) is 0.368. The second kappa shape index (κ2) is 8.38. The van der Waals surface area contributed by atoms with Gasteiger partial charge in [0.25, 0.3) is 0 Å². The number of carbonyl (C=O) groups excluding carboxylic acids is 2.